The Hall–Kier alpha value is -1.45. The van der Waals surface area contributed by atoms with Crippen LogP contribution in [0, 0.1) is 0 Å². The van der Waals surface area contributed by atoms with Crippen molar-refractivity contribution in [3.05, 3.63) is 58.1 Å². The number of ether oxygens (including phenoxy) is 2. The van der Waals surface area contributed by atoms with Gasteiger partial charge >= 0.3 is 0 Å². The highest BCUT2D eigenvalue weighted by molar-refractivity contribution is 9.10. The molecule has 27 heavy (non-hydrogen) atoms. The topological polar surface area (TPSA) is 67.9 Å². The van der Waals surface area contributed by atoms with E-state index in [0.717, 1.165) is 38.4 Å². The molecular formula is C19H23BrN2O4S. The summed E-state index contributed by atoms with van der Waals surface area (Å²) in [5.41, 5.74) is 2.12. The maximum Gasteiger partial charge on any atom is 0.240 e. The number of morpholine rings is 1. The molecule has 1 aliphatic heterocycles. The smallest absolute Gasteiger partial charge is 0.240 e. The van der Waals surface area contributed by atoms with E-state index in [1.54, 1.807) is 6.07 Å². The Kier molecular flexibility index (Phi) is 6.88. The van der Waals surface area contributed by atoms with Crippen LogP contribution < -0.4 is 9.46 Å². The molecule has 8 heteroatoms. The minimum atomic E-state index is -3.60. The van der Waals surface area contributed by atoms with Gasteiger partial charge in [0.05, 0.1) is 29.7 Å². The van der Waals surface area contributed by atoms with Gasteiger partial charge in [-0.05, 0) is 45.3 Å². The highest BCUT2D eigenvalue weighted by atomic mass is 79.9. The molecule has 2 aromatic carbocycles. The fraction of sp³-hybridized carbons (Fsp3) is 0.368. The van der Waals surface area contributed by atoms with Crippen LogP contribution in [0.3, 0.4) is 0 Å². The van der Waals surface area contributed by atoms with Crippen molar-refractivity contribution < 1.29 is 17.9 Å². The van der Waals surface area contributed by atoms with Crippen LogP contribution in [0.5, 0.6) is 5.75 Å². The van der Waals surface area contributed by atoms with Crippen LogP contribution in [0.25, 0.3) is 0 Å². The van der Waals surface area contributed by atoms with Crippen LogP contribution in [0.4, 0.5) is 0 Å². The number of methoxy groups -OCH3 is 1. The van der Waals surface area contributed by atoms with Crippen LogP contribution in [0.1, 0.15) is 11.1 Å². The minimum Gasteiger partial charge on any atom is -0.496 e. The molecule has 0 amide bonds. The minimum absolute atomic E-state index is 0.194. The molecule has 0 aromatic heterocycles. The van der Waals surface area contributed by atoms with E-state index >= 15 is 0 Å². The number of nitrogens with zero attached hydrogens (tertiary/aromatic N) is 1. The van der Waals surface area contributed by atoms with E-state index in [1.807, 2.05) is 24.3 Å². The van der Waals surface area contributed by atoms with E-state index in [4.69, 9.17) is 9.47 Å². The summed E-state index contributed by atoms with van der Waals surface area (Å²) in [7, 11) is -2.06. The number of nitrogens with one attached hydrogen (secondary N) is 1. The third kappa shape index (κ3) is 5.52. The molecule has 1 heterocycles. The maximum absolute atomic E-state index is 12.5. The summed E-state index contributed by atoms with van der Waals surface area (Å²) in [5.74, 6) is 0.588. The van der Waals surface area contributed by atoms with Gasteiger partial charge < -0.3 is 9.47 Å². The van der Waals surface area contributed by atoms with Gasteiger partial charge in [-0.3, -0.25) is 4.90 Å². The normalized spacial score (nSPS) is 15.6. The van der Waals surface area contributed by atoms with E-state index in [-0.39, 0.29) is 11.4 Å². The lowest BCUT2D eigenvalue weighted by Gasteiger charge is -2.26. The maximum atomic E-state index is 12.5. The molecule has 1 aliphatic rings. The highest BCUT2D eigenvalue weighted by Gasteiger charge is 2.16. The van der Waals surface area contributed by atoms with E-state index in [1.165, 1.54) is 24.8 Å². The first-order valence-corrected chi connectivity index (χ1v) is 11.0. The molecule has 1 N–H and O–H groups in total. The average Bonchev–Trinajstić information content (AvgIpc) is 2.68. The Morgan fingerprint density at radius 2 is 1.78 bits per heavy atom. The second kappa shape index (κ2) is 9.16. The van der Waals surface area contributed by atoms with Crippen molar-refractivity contribution in [3.8, 4) is 5.75 Å². The number of hydrogen-bond acceptors (Lipinski definition) is 5. The number of rotatable bonds is 7. The van der Waals surface area contributed by atoms with Gasteiger partial charge in [-0.15, -0.1) is 0 Å². The summed E-state index contributed by atoms with van der Waals surface area (Å²) in [6.45, 7) is 4.57. The summed E-state index contributed by atoms with van der Waals surface area (Å²) in [5, 5.41) is 0. The Morgan fingerprint density at radius 1 is 1.11 bits per heavy atom. The molecule has 1 fully saturated rings. The van der Waals surface area contributed by atoms with E-state index < -0.39 is 10.0 Å². The lowest BCUT2D eigenvalue weighted by Crippen LogP contribution is -2.35. The zero-order valence-corrected chi connectivity index (χ0v) is 17.6. The fourth-order valence-electron chi connectivity index (χ4n) is 2.86. The van der Waals surface area contributed by atoms with E-state index in [2.05, 4.69) is 25.6 Å². The lowest BCUT2D eigenvalue weighted by molar-refractivity contribution is 0.0342. The second-order valence-corrected chi connectivity index (χ2v) is 8.95. The van der Waals surface area contributed by atoms with E-state index in [0.29, 0.717) is 10.2 Å². The molecule has 0 saturated carbocycles. The number of hydrogen-bond donors (Lipinski definition) is 1. The van der Waals surface area contributed by atoms with Gasteiger partial charge in [0.2, 0.25) is 10.0 Å². The Bertz CT molecular complexity index is 866. The van der Waals surface area contributed by atoms with Crippen molar-refractivity contribution in [1.82, 2.24) is 9.62 Å². The molecule has 0 aliphatic carbocycles. The summed E-state index contributed by atoms with van der Waals surface area (Å²) in [4.78, 5) is 2.54. The van der Waals surface area contributed by atoms with Gasteiger partial charge in [-0.2, -0.15) is 0 Å². The zero-order valence-electron chi connectivity index (χ0n) is 15.2. The first-order chi connectivity index (χ1) is 13.0. The van der Waals surface area contributed by atoms with Crippen molar-refractivity contribution in [2.75, 3.05) is 33.4 Å². The molecule has 1 saturated heterocycles. The molecule has 0 atom stereocenters. The Labute approximate surface area is 168 Å². The Morgan fingerprint density at radius 3 is 2.41 bits per heavy atom. The van der Waals surface area contributed by atoms with Gasteiger partial charge in [-0.25, -0.2) is 13.1 Å². The zero-order chi connectivity index (χ0) is 19.3. The van der Waals surface area contributed by atoms with Crippen molar-refractivity contribution in [1.29, 1.82) is 0 Å². The van der Waals surface area contributed by atoms with Crippen molar-refractivity contribution in [2.24, 2.45) is 0 Å². The second-order valence-electron chi connectivity index (χ2n) is 6.33. The third-order valence-corrected chi connectivity index (χ3v) is 6.45. The van der Waals surface area contributed by atoms with Crippen LogP contribution >= 0.6 is 15.9 Å². The molecule has 0 radical (unpaired) electrons. The molecule has 3 rings (SSSR count). The number of benzene rings is 2. The van der Waals surface area contributed by atoms with Gasteiger partial charge in [0.15, 0.2) is 0 Å². The summed E-state index contributed by atoms with van der Waals surface area (Å²) in [6, 6.07) is 12.7. The highest BCUT2D eigenvalue weighted by Crippen LogP contribution is 2.27. The van der Waals surface area contributed by atoms with Gasteiger partial charge in [0.1, 0.15) is 5.75 Å². The van der Waals surface area contributed by atoms with Crippen LogP contribution in [0.2, 0.25) is 0 Å². The molecular weight excluding hydrogens is 432 g/mol. The summed E-state index contributed by atoms with van der Waals surface area (Å²) >= 11 is 3.32. The largest absolute Gasteiger partial charge is 0.496 e. The van der Waals surface area contributed by atoms with Crippen LogP contribution in [-0.2, 0) is 27.8 Å². The quantitative estimate of drug-likeness (QED) is 0.696. The molecule has 2 aromatic rings. The van der Waals surface area contributed by atoms with E-state index in [9.17, 15) is 8.42 Å². The molecule has 6 nitrogen and oxygen atoms in total. The van der Waals surface area contributed by atoms with Crippen LogP contribution in [-0.4, -0.2) is 46.7 Å². The van der Waals surface area contributed by atoms with Gasteiger partial charge in [0.25, 0.3) is 0 Å². The lowest BCUT2D eigenvalue weighted by atomic mass is 10.1. The number of sulfonamides is 1. The number of halogens is 1. The fourth-order valence-corrected chi connectivity index (χ4v) is 4.59. The first kappa shape index (κ1) is 20.3. The molecule has 0 unspecified atom stereocenters. The average molecular weight is 455 g/mol. The molecule has 146 valence electrons. The van der Waals surface area contributed by atoms with Crippen molar-refractivity contribution in [2.45, 2.75) is 18.0 Å². The van der Waals surface area contributed by atoms with Crippen molar-refractivity contribution in [3.63, 3.8) is 0 Å². The SMILES string of the molecule is COc1ccc(S(=O)(=O)NCc2ccc(CN3CCOCC3)cc2)cc1Br. The Balaban J connectivity index is 1.59. The van der Waals surface area contributed by atoms with Crippen molar-refractivity contribution >= 4 is 26.0 Å². The van der Waals surface area contributed by atoms with Crippen LogP contribution in [0.15, 0.2) is 51.8 Å². The molecule has 0 bridgehead atoms. The predicted octanol–water partition coefficient (Wildman–Crippen LogP) is 2.77. The van der Waals surface area contributed by atoms with Gasteiger partial charge in [-0.1, -0.05) is 24.3 Å². The predicted molar refractivity (Wildman–Crippen MR) is 107 cm³/mol. The third-order valence-electron chi connectivity index (χ3n) is 4.43. The first-order valence-electron chi connectivity index (χ1n) is 8.69. The summed E-state index contributed by atoms with van der Waals surface area (Å²) in [6.07, 6.45) is 0. The monoisotopic (exact) mass is 454 g/mol. The summed E-state index contributed by atoms with van der Waals surface area (Å²) < 4.78 is 38.7. The van der Waals surface area contributed by atoms with Gasteiger partial charge in [0, 0.05) is 26.2 Å². The standard InChI is InChI=1S/C19H23BrN2O4S/c1-25-19-7-6-17(12-18(19)20)27(23,24)21-13-15-2-4-16(5-3-15)14-22-8-10-26-11-9-22/h2-7,12,21H,8-11,13-14H2,1H3. The molecule has 0 spiro atoms.